The highest BCUT2D eigenvalue weighted by atomic mass is 16.3. The molecular formula is C61H84N14O13. The van der Waals surface area contributed by atoms with Gasteiger partial charge in [-0.3, -0.25) is 52.9 Å². The number of hydrogen-bond donors (Lipinski definition) is 14. The highest BCUT2D eigenvalue weighted by Crippen LogP contribution is 2.24. The van der Waals surface area contributed by atoms with Gasteiger partial charge in [-0.05, 0) is 79.8 Å². The van der Waals surface area contributed by atoms with E-state index in [1.165, 1.54) is 33.0 Å². The van der Waals surface area contributed by atoms with Gasteiger partial charge in [0.15, 0.2) is 23.3 Å². The smallest absolute Gasteiger partial charge is 0.315 e. The van der Waals surface area contributed by atoms with Crippen molar-refractivity contribution in [3.8, 4) is 5.75 Å². The molecule has 1 saturated heterocycles. The molecule has 4 aromatic rings. The van der Waals surface area contributed by atoms with E-state index in [4.69, 9.17) is 22.9 Å². The highest BCUT2D eigenvalue weighted by Gasteiger charge is 2.43. The topological polar surface area (TPSA) is 448 Å². The fraction of sp³-hybridized carbons (Fsp3) is 0.475. The van der Waals surface area contributed by atoms with E-state index in [0.717, 1.165) is 21.4 Å². The normalized spacial score (nSPS) is 16.8. The van der Waals surface area contributed by atoms with Crippen LogP contribution in [0.15, 0.2) is 90.1 Å². The Bertz CT molecular complexity index is 3130. The first kappa shape index (κ1) is 69.5. The van der Waals surface area contributed by atoms with Gasteiger partial charge in [-0.25, -0.2) is 4.79 Å². The monoisotopic (exact) mass is 1220 g/mol. The number of aliphatic hydroxyl groups excluding tert-OH is 1. The lowest BCUT2D eigenvalue weighted by Crippen LogP contribution is -2.56. The summed E-state index contributed by atoms with van der Waals surface area (Å²) in [6, 6.07) is 12.3. The number of phenolic OH excluding ortho intramolecular Hbond substituents is 1. The summed E-state index contributed by atoms with van der Waals surface area (Å²) in [6.45, 7) is 5.54. The van der Waals surface area contributed by atoms with Gasteiger partial charge in [-0.1, -0.05) is 74.5 Å². The second-order valence-electron chi connectivity index (χ2n) is 22.7. The van der Waals surface area contributed by atoms with Crippen molar-refractivity contribution in [3.63, 3.8) is 0 Å². The third-order valence-electron chi connectivity index (χ3n) is 15.1. The van der Waals surface area contributed by atoms with Crippen molar-refractivity contribution in [1.29, 1.82) is 0 Å². The molecule has 476 valence electrons. The number of nitrogens with one attached hydrogen (secondary N) is 8. The second-order valence-corrected chi connectivity index (χ2v) is 22.7. The number of nitrogens with zero attached hydrogens (tertiary/aromatic N) is 2. The lowest BCUT2D eigenvalue weighted by molar-refractivity contribution is -0.142. The van der Waals surface area contributed by atoms with E-state index in [2.05, 4.69) is 47.2 Å². The lowest BCUT2D eigenvalue weighted by atomic mass is 9.90. The van der Waals surface area contributed by atoms with E-state index in [1.54, 1.807) is 48.7 Å². The molecule has 0 radical (unpaired) electrons. The average Bonchev–Trinajstić information content (AvgIpc) is 2.76. The largest absolute Gasteiger partial charge is 0.508 e. The van der Waals surface area contributed by atoms with Crippen LogP contribution in [0.25, 0.3) is 10.9 Å². The maximum atomic E-state index is 14.3. The van der Waals surface area contributed by atoms with Gasteiger partial charge in [-0.15, -0.1) is 0 Å². The van der Waals surface area contributed by atoms with E-state index in [-0.39, 0.29) is 75.7 Å². The van der Waals surface area contributed by atoms with Crippen LogP contribution in [0.2, 0.25) is 0 Å². The number of aromatic amines is 1. The minimum atomic E-state index is -1.67. The number of aromatic nitrogens is 1. The number of primary amides is 2. The number of guanidine groups is 1. The molecule has 1 aromatic heterocycles. The molecular weight excluding hydrogens is 1140 g/mol. The number of benzene rings is 3. The zero-order valence-corrected chi connectivity index (χ0v) is 50.2. The quantitative estimate of drug-likeness (QED) is 0.0156. The Hall–Kier alpha value is -9.24. The molecule has 0 bridgehead atoms. The molecule has 0 aliphatic carbocycles. The van der Waals surface area contributed by atoms with E-state index in [0.29, 0.717) is 17.5 Å². The molecule has 9 amide bonds. The summed E-state index contributed by atoms with van der Waals surface area (Å²) in [5.41, 5.74) is 26.1. The van der Waals surface area contributed by atoms with Crippen LogP contribution in [0.5, 0.6) is 5.75 Å². The molecule has 0 saturated carbocycles. The molecule has 18 N–H and O–H groups in total. The van der Waals surface area contributed by atoms with Gasteiger partial charge in [-0.2, -0.15) is 0 Å². The first-order valence-corrected chi connectivity index (χ1v) is 29.2. The number of urea groups is 1. The Morgan fingerprint density at radius 2 is 1.33 bits per heavy atom. The SMILES string of the molecule is CN=C(N)NCCC[C@H](CC(=O)[C@H](CC(C)C)NC(=O)NCC(=O)[C@H](Cc1ccccc1)NC(=O)[C@@H](CC(=O)[C@H](CC(N)=O)NC(=O)[C@@H]1C[C@H](N)CN1C(=O)[C@@H](Cc1ccc(O)cc1)NC(C)=O)[C@@H](C)O)C(=O)N[C@@H](Cc1c[nH]c2ccccc12)C(N)=O. The number of carbonyl (C=O) groups excluding carboxylic acids is 11. The minimum absolute atomic E-state index is 0.0229. The van der Waals surface area contributed by atoms with Crippen LogP contribution in [-0.4, -0.2) is 166 Å². The van der Waals surface area contributed by atoms with Crippen molar-refractivity contribution in [2.75, 3.05) is 26.7 Å². The molecule has 27 nitrogen and oxygen atoms in total. The van der Waals surface area contributed by atoms with Gasteiger partial charge in [0.25, 0.3) is 0 Å². The highest BCUT2D eigenvalue weighted by molar-refractivity contribution is 6.00. The van der Waals surface area contributed by atoms with E-state index < -0.39 is 144 Å². The first-order valence-electron chi connectivity index (χ1n) is 29.2. The van der Waals surface area contributed by atoms with Crippen LogP contribution >= 0.6 is 0 Å². The number of aliphatic imine (C=N–C) groups is 1. The van der Waals surface area contributed by atoms with Gasteiger partial charge in [0, 0.05) is 81.8 Å². The van der Waals surface area contributed by atoms with Crippen LogP contribution in [0.1, 0.15) is 89.3 Å². The summed E-state index contributed by atoms with van der Waals surface area (Å²) in [7, 11) is 1.50. The third kappa shape index (κ3) is 21.6. The van der Waals surface area contributed by atoms with Gasteiger partial charge in [0.05, 0.1) is 43.1 Å². The fourth-order valence-corrected chi connectivity index (χ4v) is 10.4. The number of para-hydroxylation sites is 1. The lowest BCUT2D eigenvalue weighted by Gasteiger charge is -2.30. The van der Waals surface area contributed by atoms with E-state index >= 15 is 0 Å². The summed E-state index contributed by atoms with van der Waals surface area (Å²) < 4.78 is 0. The zero-order valence-electron chi connectivity index (χ0n) is 50.2. The van der Waals surface area contributed by atoms with Crippen molar-refractivity contribution in [3.05, 3.63) is 102 Å². The number of H-pyrrole nitrogens is 1. The molecule has 1 aliphatic rings. The van der Waals surface area contributed by atoms with Crippen molar-refractivity contribution in [2.24, 2.45) is 45.7 Å². The summed E-state index contributed by atoms with van der Waals surface area (Å²) >= 11 is 0. The number of fused-ring (bicyclic) bond motifs is 1. The van der Waals surface area contributed by atoms with E-state index in [1.807, 2.05) is 38.1 Å². The predicted octanol–water partition coefficient (Wildman–Crippen LogP) is -0.722. The van der Waals surface area contributed by atoms with Crippen LogP contribution < -0.4 is 60.2 Å². The van der Waals surface area contributed by atoms with Crippen molar-refractivity contribution >= 4 is 81.6 Å². The van der Waals surface area contributed by atoms with Crippen molar-refractivity contribution in [1.82, 2.24) is 47.1 Å². The Kier molecular flexibility index (Phi) is 26.6. The Labute approximate surface area is 510 Å². The number of aromatic hydroxyl groups is 1. The number of aliphatic hydroxyl groups is 1. The summed E-state index contributed by atoms with van der Waals surface area (Å²) in [5, 5.41) is 40.0. The van der Waals surface area contributed by atoms with Crippen LogP contribution in [0.4, 0.5) is 4.79 Å². The Morgan fingerprint density at radius 3 is 1.97 bits per heavy atom. The number of amides is 9. The summed E-state index contributed by atoms with van der Waals surface area (Å²) in [5.74, 6) is -10.3. The number of ketones is 3. The van der Waals surface area contributed by atoms with Crippen molar-refractivity contribution in [2.45, 2.75) is 140 Å². The minimum Gasteiger partial charge on any atom is -0.508 e. The fourth-order valence-electron chi connectivity index (χ4n) is 10.4. The van der Waals surface area contributed by atoms with Crippen LogP contribution in [-0.2, 0) is 67.2 Å². The number of nitrogens with two attached hydrogens (primary N) is 4. The standard InChI is InChI=1S/C61H84N14O13/c1-33(2)22-45(51(79)26-38(14-11-21-67-60(65)66-5)56(84)73-48(55(64)83)25-39-30-68-44-16-10-9-15-42(39)44)74-61(88)69-31-53(81)46(23-36-12-7-6-8-13-36)71-57(85)43(34(3)76)28-52(80)47(29-54(63)82)72-58(86)50-27-40(62)32-75(50)59(87)49(70-35(4)77)24-37-17-19-41(78)20-18-37/h6-10,12-13,15-20,30,33-34,38,40,43,45-50,68,76,78H,11,14,21-29,31-32,62H2,1-5H3,(H2,63,82)(H2,64,83)(H,70,77)(H,71,85)(H,72,86)(H,73,84)(H3,65,66,67)(H2,69,74,88)/t34-,38-,40+,43+,45+,46+,47+,48+,49-,50+/m1/s1. The number of Topliss-reactive ketones (excluding diaryl/α,β-unsaturated/α-hetero) is 3. The third-order valence-corrected chi connectivity index (χ3v) is 15.1. The number of likely N-dealkylation sites (tertiary alicyclic amines) is 1. The number of phenols is 1. The molecule has 3 aromatic carbocycles. The van der Waals surface area contributed by atoms with Gasteiger partial charge in [0.1, 0.15) is 23.9 Å². The number of hydrogen-bond acceptors (Lipinski definition) is 15. The average molecular weight is 1220 g/mol. The predicted molar refractivity (Wildman–Crippen MR) is 326 cm³/mol. The molecule has 10 atom stereocenters. The molecule has 88 heavy (non-hydrogen) atoms. The molecule has 27 heteroatoms. The Morgan fingerprint density at radius 1 is 0.693 bits per heavy atom. The number of rotatable bonds is 34. The molecule has 0 unspecified atom stereocenters. The van der Waals surface area contributed by atoms with Crippen LogP contribution in [0.3, 0.4) is 0 Å². The van der Waals surface area contributed by atoms with E-state index in [9.17, 15) is 63.0 Å². The molecule has 0 spiro atoms. The second kappa shape index (κ2) is 33.6. The molecule has 1 aliphatic heterocycles. The van der Waals surface area contributed by atoms with Gasteiger partial charge in [0.2, 0.25) is 41.4 Å². The molecule has 5 rings (SSSR count). The first-order chi connectivity index (χ1) is 41.7. The van der Waals surface area contributed by atoms with Gasteiger partial charge >= 0.3 is 6.03 Å². The zero-order chi connectivity index (χ0) is 64.8. The summed E-state index contributed by atoms with van der Waals surface area (Å²) in [4.78, 5) is 158. The van der Waals surface area contributed by atoms with Gasteiger partial charge < -0.3 is 80.2 Å². The molecule has 2 heterocycles. The van der Waals surface area contributed by atoms with Crippen molar-refractivity contribution < 1.29 is 63.0 Å². The molecule has 1 fully saturated rings. The van der Waals surface area contributed by atoms with Crippen LogP contribution in [0, 0.1) is 17.8 Å². The number of carbonyl (C=O) groups is 11. The Balaban J connectivity index is 1.28. The maximum Gasteiger partial charge on any atom is 0.315 e. The summed E-state index contributed by atoms with van der Waals surface area (Å²) in [6.07, 6.45) is -1.31. The maximum absolute atomic E-state index is 14.3.